The van der Waals surface area contributed by atoms with E-state index in [0.29, 0.717) is 5.69 Å². The number of para-hydroxylation sites is 1. The average Bonchev–Trinajstić information content (AvgIpc) is 2.94. The third-order valence-electron chi connectivity index (χ3n) is 3.70. The van der Waals surface area contributed by atoms with Crippen molar-refractivity contribution in [3.63, 3.8) is 0 Å². The van der Waals surface area contributed by atoms with Gasteiger partial charge in [-0.2, -0.15) is 5.10 Å². The first-order valence-electron chi connectivity index (χ1n) is 7.27. The number of anilines is 1. The Morgan fingerprint density at radius 1 is 1.09 bits per heavy atom. The Balaban J connectivity index is 1.85. The number of benzene rings is 2. The summed E-state index contributed by atoms with van der Waals surface area (Å²) in [6, 6.07) is 15.0. The summed E-state index contributed by atoms with van der Waals surface area (Å²) in [7, 11) is 0. The van der Waals surface area contributed by atoms with Gasteiger partial charge in [0, 0.05) is 5.69 Å². The van der Waals surface area contributed by atoms with Gasteiger partial charge in [0.25, 0.3) is 5.91 Å². The molecule has 1 amide bonds. The summed E-state index contributed by atoms with van der Waals surface area (Å²) in [6.45, 7) is 3.99. The molecule has 5 nitrogen and oxygen atoms in total. The third kappa shape index (κ3) is 3.08. The van der Waals surface area contributed by atoms with Crippen molar-refractivity contribution in [2.45, 2.75) is 13.8 Å². The van der Waals surface area contributed by atoms with Crippen LogP contribution in [0.25, 0.3) is 5.69 Å². The fourth-order valence-corrected chi connectivity index (χ4v) is 2.25. The number of aromatic hydroxyl groups is 1. The summed E-state index contributed by atoms with van der Waals surface area (Å²) in [4.78, 5) is 12.3. The number of carbonyl (C=O) groups is 1. The van der Waals surface area contributed by atoms with E-state index in [0.717, 1.165) is 16.8 Å². The summed E-state index contributed by atoms with van der Waals surface area (Å²) in [5.74, 6) is -0.601. The maximum Gasteiger partial charge on any atom is 0.280 e. The van der Waals surface area contributed by atoms with Gasteiger partial charge < -0.3 is 10.4 Å². The molecule has 0 spiro atoms. The van der Waals surface area contributed by atoms with Gasteiger partial charge in [0.2, 0.25) is 0 Å². The molecule has 2 aromatic carbocycles. The normalized spacial score (nSPS) is 10.5. The fourth-order valence-electron chi connectivity index (χ4n) is 2.25. The quantitative estimate of drug-likeness (QED) is 0.779. The van der Waals surface area contributed by atoms with E-state index in [2.05, 4.69) is 10.4 Å². The molecule has 0 fully saturated rings. The zero-order valence-electron chi connectivity index (χ0n) is 12.9. The van der Waals surface area contributed by atoms with Crippen molar-refractivity contribution in [1.29, 1.82) is 0 Å². The maximum absolute atomic E-state index is 12.3. The summed E-state index contributed by atoms with van der Waals surface area (Å²) in [6.07, 6.45) is 1.42. The Morgan fingerprint density at radius 2 is 1.83 bits per heavy atom. The van der Waals surface area contributed by atoms with Gasteiger partial charge in [-0.05, 0) is 49.2 Å². The number of nitrogens with zero attached hydrogens (tertiary/aromatic N) is 2. The SMILES string of the molecule is Cc1ccc(NC(=O)c2nn(-c3ccccc3)cc2O)cc1C. The molecule has 0 atom stereocenters. The molecule has 0 saturated carbocycles. The maximum atomic E-state index is 12.3. The topological polar surface area (TPSA) is 67.2 Å². The molecule has 3 aromatic rings. The van der Waals surface area contributed by atoms with Crippen LogP contribution in [0.15, 0.2) is 54.7 Å². The first kappa shape index (κ1) is 14.8. The van der Waals surface area contributed by atoms with E-state index < -0.39 is 5.91 Å². The zero-order valence-corrected chi connectivity index (χ0v) is 12.9. The fraction of sp³-hybridized carbons (Fsp3) is 0.111. The lowest BCUT2D eigenvalue weighted by Gasteiger charge is -2.06. The van der Waals surface area contributed by atoms with Crippen LogP contribution in [0.1, 0.15) is 21.6 Å². The van der Waals surface area contributed by atoms with Crippen LogP contribution in [0.4, 0.5) is 5.69 Å². The molecule has 0 aliphatic rings. The van der Waals surface area contributed by atoms with Crippen LogP contribution in [0.2, 0.25) is 0 Å². The minimum Gasteiger partial charge on any atom is -0.504 e. The summed E-state index contributed by atoms with van der Waals surface area (Å²) >= 11 is 0. The monoisotopic (exact) mass is 307 g/mol. The van der Waals surface area contributed by atoms with Crippen LogP contribution < -0.4 is 5.32 Å². The number of rotatable bonds is 3. The van der Waals surface area contributed by atoms with Crippen LogP contribution >= 0.6 is 0 Å². The van der Waals surface area contributed by atoms with Crippen molar-refractivity contribution in [1.82, 2.24) is 9.78 Å². The summed E-state index contributed by atoms with van der Waals surface area (Å²) in [5.41, 5.74) is 3.67. The lowest BCUT2D eigenvalue weighted by Crippen LogP contribution is -2.13. The zero-order chi connectivity index (χ0) is 16.4. The van der Waals surface area contributed by atoms with Gasteiger partial charge in [0.1, 0.15) is 0 Å². The molecule has 1 aromatic heterocycles. The number of aryl methyl sites for hydroxylation is 2. The highest BCUT2D eigenvalue weighted by Crippen LogP contribution is 2.20. The molecule has 0 aliphatic carbocycles. The molecular weight excluding hydrogens is 290 g/mol. The Morgan fingerprint density at radius 3 is 2.52 bits per heavy atom. The Bertz CT molecular complexity index is 854. The first-order chi connectivity index (χ1) is 11.0. The van der Waals surface area contributed by atoms with E-state index in [9.17, 15) is 9.90 Å². The second kappa shape index (κ2) is 5.96. The van der Waals surface area contributed by atoms with Crippen LogP contribution in [0.5, 0.6) is 5.75 Å². The summed E-state index contributed by atoms with van der Waals surface area (Å²) in [5, 5.41) is 16.9. The van der Waals surface area contributed by atoms with Gasteiger partial charge in [-0.3, -0.25) is 4.79 Å². The van der Waals surface area contributed by atoms with Crippen molar-refractivity contribution in [3.05, 3.63) is 71.5 Å². The average molecular weight is 307 g/mol. The van der Waals surface area contributed by atoms with Crippen LogP contribution in [0.3, 0.4) is 0 Å². The summed E-state index contributed by atoms with van der Waals surface area (Å²) < 4.78 is 1.48. The molecule has 2 N–H and O–H groups in total. The molecule has 1 heterocycles. The van der Waals surface area contributed by atoms with Crippen LogP contribution in [-0.2, 0) is 0 Å². The van der Waals surface area contributed by atoms with Crippen molar-refractivity contribution in [3.8, 4) is 11.4 Å². The van der Waals surface area contributed by atoms with Gasteiger partial charge in [-0.25, -0.2) is 4.68 Å². The molecule has 23 heavy (non-hydrogen) atoms. The Labute approximate surface area is 134 Å². The van der Waals surface area contributed by atoms with Crippen molar-refractivity contribution < 1.29 is 9.90 Å². The van der Waals surface area contributed by atoms with Gasteiger partial charge in [-0.1, -0.05) is 24.3 Å². The molecule has 0 bridgehead atoms. The van der Waals surface area contributed by atoms with E-state index in [1.54, 1.807) is 0 Å². The Hall–Kier alpha value is -3.08. The van der Waals surface area contributed by atoms with Crippen LogP contribution in [-0.4, -0.2) is 20.8 Å². The predicted octanol–water partition coefficient (Wildman–Crippen LogP) is 3.45. The number of hydrogen-bond donors (Lipinski definition) is 2. The highest BCUT2D eigenvalue weighted by Gasteiger charge is 2.17. The van der Waals surface area contributed by atoms with Gasteiger partial charge >= 0.3 is 0 Å². The van der Waals surface area contributed by atoms with E-state index in [-0.39, 0.29) is 11.4 Å². The van der Waals surface area contributed by atoms with Gasteiger partial charge in [-0.15, -0.1) is 0 Å². The third-order valence-corrected chi connectivity index (χ3v) is 3.70. The van der Waals surface area contributed by atoms with E-state index >= 15 is 0 Å². The predicted molar refractivity (Wildman–Crippen MR) is 89.1 cm³/mol. The van der Waals surface area contributed by atoms with Crippen molar-refractivity contribution >= 4 is 11.6 Å². The van der Waals surface area contributed by atoms with Crippen molar-refractivity contribution in [2.75, 3.05) is 5.32 Å². The molecular formula is C18H17N3O2. The van der Waals surface area contributed by atoms with E-state index in [4.69, 9.17) is 0 Å². The molecule has 0 aliphatic heterocycles. The van der Waals surface area contributed by atoms with Gasteiger partial charge in [0.15, 0.2) is 11.4 Å². The second-order valence-electron chi connectivity index (χ2n) is 5.40. The molecule has 116 valence electrons. The number of aromatic nitrogens is 2. The lowest BCUT2D eigenvalue weighted by atomic mass is 10.1. The highest BCUT2D eigenvalue weighted by molar-refractivity contribution is 6.04. The van der Waals surface area contributed by atoms with E-state index in [1.807, 2.05) is 62.4 Å². The van der Waals surface area contributed by atoms with Crippen LogP contribution in [0, 0.1) is 13.8 Å². The number of hydrogen-bond acceptors (Lipinski definition) is 3. The minimum atomic E-state index is -0.444. The largest absolute Gasteiger partial charge is 0.504 e. The lowest BCUT2D eigenvalue weighted by molar-refractivity contribution is 0.101. The smallest absolute Gasteiger partial charge is 0.280 e. The van der Waals surface area contributed by atoms with Crippen molar-refractivity contribution in [2.24, 2.45) is 0 Å². The molecule has 0 unspecified atom stereocenters. The number of nitrogens with one attached hydrogen (secondary N) is 1. The number of carbonyl (C=O) groups excluding carboxylic acids is 1. The first-order valence-corrected chi connectivity index (χ1v) is 7.27. The molecule has 0 radical (unpaired) electrons. The highest BCUT2D eigenvalue weighted by atomic mass is 16.3. The standard InChI is InChI=1S/C18H17N3O2/c1-12-8-9-14(10-13(12)2)19-18(23)17-16(22)11-21(20-17)15-6-4-3-5-7-15/h3-11,22H,1-2H3,(H,19,23). The second-order valence-corrected chi connectivity index (χ2v) is 5.40. The molecule has 0 saturated heterocycles. The van der Waals surface area contributed by atoms with E-state index in [1.165, 1.54) is 10.9 Å². The molecule has 3 rings (SSSR count). The number of amides is 1. The van der Waals surface area contributed by atoms with Gasteiger partial charge in [0.05, 0.1) is 11.9 Å². The minimum absolute atomic E-state index is 0.00733. The Kier molecular flexibility index (Phi) is 3.85. The molecule has 5 heteroatoms.